The van der Waals surface area contributed by atoms with Crippen molar-refractivity contribution in [2.75, 3.05) is 0 Å². The van der Waals surface area contributed by atoms with Crippen LogP contribution in [0.5, 0.6) is 5.75 Å². The molecule has 1 heterocycles. The maximum atomic E-state index is 14.2. The van der Waals surface area contributed by atoms with E-state index in [0.717, 1.165) is 22.4 Å². The molecule has 0 saturated carbocycles. The van der Waals surface area contributed by atoms with Crippen molar-refractivity contribution >= 4 is 16.6 Å². The first-order valence-corrected chi connectivity index (χ1v) is 8.48. The van der Waals surface area contributed by atoms with Crippen LogP contribution in [-0.4, -0.2) is 11.8 Å². The topological polar surface area (TPSA) is 52.3 Å². The summed E-state index contributed by atoms with van der Waals surface area (Å²) >= 11 is 0. The van der Waals surface area contributed by atoms with Crippen LogP contribution in [-0.2, 0) is 6.42 Å². The quantitative estimate of drug-likeness (QED) is 0.534. The molecular formula is C21H16F3NO2. The Balaban J connectivity index is 1.78. The van der Waals surface area contributed by atoms with Crippen molar-refractivity contribution in [1.82, 2.24) is 0 Å². The van der Waals surface area contributed by atoms with Gasteiger partial charge in [0.05, 0.1) is 6.04 Å². The van der Waals surface area contributed by atoms with Crippen molar-refractivity contribution in [3.8, 4) is 5.75 Å². The molecule has 0 saturated heterocycles. The molecule has 0 aliphatic carbocycles. The Hall–Kier alpha value is -2.86. The average molecular weight is 371 g/mol. The number of carbonyl (C=O) groups is 1. The monoisotopic (exact) mass is 371 g/mol. The highest BCUT2D eigenvalue weighted by molar-refractivity contribution is 5.99. The van der Waals surface area contributed by atoms with Gasteiger partial charge in [0.15, 0.2) is 17.4 Å². The number of Topliss-reactive ketones (excluding diaryl/α,β-unsaturated/α-hetero) is 1. The third-order valence-corrected chi connectivity index (χ3v) is 4.92. The third kappa shape index (κ3) is 2.96. The fourth-order valence-corrected chi connectivity index (χ4v) is 3.53. The van der Waals surface area contributed by atoms with Gasteiger partial charge in [0, 0.05) is 22.8 Å². The van der Waals surface area contributed by atoms with Crippen molar-refractivity contribution in [1.29, 1.82) is 0 Å². The van der Waals surface area contributed by atoms with Crippen molar-refractivity contribution in [2.45, 2.75) is 25.5 Å². The molecule has 2 N–H and O–H groups in total. The molecule has 0 unspecified atom stereocenters. The molecule has 27 heavy (non-hydrogen) atoms. The molecule has 0 amide bonds. The van der Waals surface area contributed by atoms with E-state index in [0.29, 0.717) is 23.8 Å². The fourth-order valence-electron chi connectivity index (χ4n) is 3.53. The van der Waals surface area contributed by atoms with Crippen LogP contribution in [0.25, 0.3) is 10.8 Å². The summed E-state index contributed by atoms with van der Waals surface area (Å²) in [6.07, 6.45) is -0.559. The van der Waals surface area contributed by atoms with Crippen LogP contribution >= 0.6 is 0 Å². The molecule has 3 aromatic carbocycles. The molecular weight excluding hydrogens is 355 g/mol. The van der Waals surface area contributed by atoms with Crippen LogP contribution in [0, 0.1) is 17.5 Å². The molecule has 0 spiro atoms. The lowest BCUT2D eigenvalue weighted by Crippen LogP contribution is -2.38. The predicted molar refractivity (Wildman–Crippen MR) is 95.3 cm³/mol. The summed E-state index contributed by atoms with van der Waals surface area (Å²) in [4.78, 5) is 11.6. The van der Waals surface area contributed by atoms with Crippen LogP contribution in [0.2, 0.25) is 0 Å². The molecule has 0 bridgehead atoms. The van der Waals surface area contributed by atoms with E-state index in [1.54, 1.807) is 24.3 Å². The number of ketones is 1. The van der Waals surface area contributed by atoms with Crippen molar-refractivity contribution < 1.29 is 22.7 Å². The molecule has 138 valence electrons. The first kappa shape index (κ1) is 17.5. The van der Waals surface area contributed by atoms with Gasteiger partial charge in [0.2, 0.25) is 0 Å². The molecule has 0 fully saturated rings. The Morgan fingerprint density at radius 1 is 1.04 bits per heavy atom. The Labute approximate surface area is 153 Å². The van der Waals surface area contributed by atoms with Crippen LogP contribution in [0.15, 0.2) is 42.5 Å². The highest BCUT2D eigenvalue weighted by Gasteiger charge is 2.32. The number of rotatable bonds is 2. The van der Waals surface area contributed by atoms with E-state index in [4.69, 9.17) is 10.5 Å². The normalized spacial score (nSPS) is 18.9. The second-order valence-corrected chi connectivity index (χ2v) is 6.73. The van der Waals surface area contributed by atoms with Gasteiger partial charge in [0.1, 0.15) is 17.7 Å². The number of halogens is 3. The summed E-state index contributed by atoms with van der Waals surface area (Å²) in [5.41, 5.74) is 7.52. The summed E-state index contributed by atoms with van der Waals surface area (Å²) < 4.78 is 46.8. The zero-order chi connectivity index (χ0) is 19.3. The van der Waals surface area contributed by atoms with Gasteiger partial charge < -0.3 is 10.5 Å². The summed E-state index contributed by atoms with van der Waals surface area (Å²) in [5.74, 6) is -2.83. The van der Waals surface area contributed by atoms with E-state index in [1.807, 2.05) is 6.07 Å². The molecule has 2 atom stereocenters. The molecule has 6 heteroatoms. The Morgan fingerprint density at radius 2 is 1.78 bits per heavy atom. The predicted octanol–water partition coefficient (Wildman–Crippen LogP) is 4.46. The number of benzene rings is 3. The van der Waals surface area contributed by atoms with Gasteiger partial charge in [0.25, 0.3) is 0 Å². The summed E-state index contributed by atoms with van der Waals surface area (Å²) in [6, 6.07) is 9.53. The molecule has 3 nitrogen and oxygen atoms in total. The van der Waals surface area contributed by atoms with Crippen LogP contribution < -0.4 is 10.5 Å². The van der Waals surface area contributed by atoms with Crippen molar-refractivity contribution in [2.24, 2.45) is 5.73 Å². The van der Waals surface area contributed by atoms with Gasteiger partial charge in [-0.3, -0.25) is 4.79 Å². The smallest absolute Gasteiger partial charge is 0.161 e. The van der Waals surface area contributed by atoms with Gasteiger partial charge in [-0.05, 0) is 42.3 Å². The zero-order valence-electron chi connectivity index (χ0n) is 14.4. The third-order valence-electron chi connectivity index (χ3n) is 4.92. The first-order valence-electron chi connectivity index (χ1n) is 8.48. The van der Waals surface area contributed by atoms with E-state index >= 15 is 0 Å². The minimum Gasteiger partial charge on any atom is -0.484 e. The maximum Gasteiger partial charge on any atom is 0.161 e. The molecule has 1 aliphatic heterocycles. The SMILES string of the molecule is CC(=O)c1ccc2c3c(ccc2c1)O[C@H](c1cc(F)c(F)cc1F)[C@@H](N)C3. The molecule has 3 aromatic rings. The second kappa shape index (κ2) is 6.39. The number of ether oxygens (including phenoxy) is 1. The van der Waals surface area contributed by atoms with Crippen molar-refractivity contribution in [3.05, 3.63) is 76.6 Å². The van der Waals surface area contributed by atoms with Crippen molar-refractivity contribution in [3.63, 3.8) is 0 Å². The number of fused-ring (bicyclic) bond motifs is 3. The number of carbonyl (C=O) groups excluding carboxylic acids is 1. The number of hydrogen-bond acceptors (Lipinski definition) is 3. The molecule has 1 aliphatic rings. The van der Waals surface area contributed by atoms with Gasteiger partial charge in [-0.15, -0.1) is 0 Å². The van der Waals surface area contributed by atoms with Gasteiger partial charge in [-0.2, -0.15) is 0 Å². The molecule has 0 aromatic heterocycles. The van der Waals surface area contributed by atoms with Crippen LogP contribution in [0.3, 0.4) is 0 Å². The summed E-state index contributed by atoms with van der Waals surface area (Å²) in [7, 11) is 0. The Bertz CT molecular complexity index is 1080. The lowest BCUT2D eigenvalue weighted by molar-refractivity contribution is 0.101. The highest BCUT2D eigenvalue weighted by Crippen LogP contribution is 2.39. The molecule has 0 radical (unpaired) electrons. The minimum absolute atomic E-state index is 0.0311. The first-order chi connectivity index (χ1) is 12.8. The van der Waals surface area contributed by atoms with E-state index in [9.17, 15) is 18.0 Å². The van der Waals surface area contributed by atoms with E-state index in [1.165, 1.54) is 6.92 Å². The van der Waals surface area contributed by atoms with Gasteiger partial charge in [-0.1, -0.05) is 18.2 Å². The number of hydrogen-bond donors (Lipinski definition) is 1. The molecule has 4 rings (SSSR count). The minimum atomic E-state index is -1.26. The lowest BCUT2D eigenvalue weighted by atomic mass is 9.89. The fraction of sp³-hybridized carbons (Fsp3) is 0.190. The van der Waals surface area contributed by atoms with Crippen LogP contribution in [0.4, 0.5) is 13.2 Å². The summed E-state index contributed by atoms with van der Waals surface area (Å²) in [5, 5.41) is 1.76. The van der Waals surface area contributed by atoms with Crippen LogP contribution in [0.1, 0.15) is 34.5 Å². The van der Waals surface area contributed by atoms with E-state index < -0.39 is 29.6 Å². The maximum absolute atomic E-state index is 14.2. The lowest BCUT2D eigenvalue weighted by Gasteiger charge is -2.32. The standard InChI is InChI=1S/C21H16F3NO2/c1-10(26)11-2-4-13-12(6-11)3-5-20-14(13)8-19(25)21(27-20)15-7-17(23)18(24)9-16(15)22/h2-7,9,19,21H,8,25H2,1H3/t19-,21+/m0/s1. The Kier molecular flexibility index (Phi) is 4.15. The number of nitrogens with two attached hydrogens (primary N) is 1. The van der Waals surface area contributed by atoms with E-state index in [2.05, 4.69) is 0 Å². The zero-order valence-corrected chi connectivity index (χ0v) is 14.4. The highest BCUT2D eigenvalue weighted by atomic mass is 19.2. The van der Waals surface area contributed by atoms with Gasteiger partial charge >= 0.3 is 0 Å². The average Bonchev–Trinajstić information content (AvgIpc) is 2.64. The summed E-state index contributed by atoms with van der Waals surface area (Å²) in [6.45, 7) is 1.50. The Morgan fingerprint density at radius 3 is 2.52 bits per heavy atom. The van der Waals surface area contributed by atoms with Gasteiger partial charge in [-0.25, -0.2) is 13.2 Å². The van der Waals surface area contributed by atoms with E-state index in [-0.39, 0.29) is 11.3 Å². The largest absolute Gasteiger partial charge is 0.484 e. The second-order valence-electron chi connectivity index (χ2n) is 6.73.